The number of amides is 1. The molecule has 1 heterocycles. The van der Waals surface area contributed by atoms with Gasteiger partial charge in [-0.2, -0.15) is 0 Å². The van der Waals surface area contributed by atoms with Crippen LogP contribution in [0.4, 0.5) is 0 Å². The van der Waals surface area contributed by atoms with Crippen molar-refractivity contribution in [3.05, 3.63) is 34.9 Å². The molecule has 0 bridgehead atoms. The van der Waals surface area contributed by atoms with Gasteiger partial charge in [0.25, 0.3) is 0 Å². The highest BCUT2D eigenvalue weighted by Gasteiger charge is 2.33. The monoisotopic (exact) mass is 398 g/mol. The van der Waals surface area contributed by atoms with Crippen LogP contribution in [-0.2, 0) is 20.6 Å². The third-order valence-electron chi connectivity index (χ3n) is 5.40. The number of carbonyl (C=O) groups excluding carboxylic acids is 1. The zero-order chi connectivity index (χ0) is 18.6. The van der Waals surface area contributed by atoms with Crippen LogP contribution < -0.4 is 5.32 Å². The fourth-order valence-electron chi connectivity index (χ4n) is 3.88. The molecule has 3 rings (SSSR count). The summed E-state index contributed by atoms with van der Waals surface area (Å²) in [6.45, 7) is 0.741. The molecule has 1 saturated carbocycles. The SMILES string of the molecule is O=C(NC1CCCCC1)[C@H]1CCCN(S(=O)(=O)Cc2ccccc2Cl)C1. The second-order valence-electron chi connectivity index (χ2n) is 7.39. The van der Waals surface area contributed by atoms with Crippen molar-refractivity contribution in [1.29, 1.82) is 0 Å². The Kier molecular flexibility index (Phi) is 6.59. The summed E-state index contributed by atoms with van der Waals surface area (Å²) in [7, 11) is -3.49. The molecule has 26 heavy (non-hydrogen) atoms. The Labute approximate surface area is 161 Å². The first-order valence-electron chi connectivity index (χ1n) is 9.47. The minimum absolute atomic E-state index is 0.00884. The van der Waals surface area contributed by atoms with Crippen molar-refractivity contribution in [2.45, 2.75) is 56.7 Å². The van der Waals surface area contributed by atoms with Crippen molar-refractivity contribution >= 4 is 27.5 Å². The van der Waals surface area contributed by atoms with E-state index in [1.54, 1.807) is 24.3 Å². The van der Waals surface area contributed by atoms with Crippen LogP contribution in [0.2, 0.25) is 5.02 Å². The molecule has 1 aromatic carbocycles. The molecule has 0 unspecified atom stereocenters. The van der Waals surface area contributed by atoms with Crippen molar-refractivity contribution in [3.8, 4) is 0 Å². The van der Waals surface area contributed by atoms with Crippen molar-refractivity contribution in [3.63, 3.8) is 0 Å². The van der Waals surface area contributed by atoms with Gasteiger partial charge < -0.3 is 5.32 Å². The topological polar surface area (TPSA) is 66.5 Å². The first-order valence-corrected chi connectivity index (χ1v) is 11.5. The number of nitrogens with zero attached hydrogens (tertiary/aromatic N) is 1. The van der Waals surface area contributed by atoms with Crippen molar-refractivity contribution in [2.24, 2.45) is 5.92 Å². The first-order chi connectivity index (χ1) is 12.5. The number of hydrogen-bond acceptors (Lipinski definition) is 3. The zero-order valence-corrected chi connectivity index (χ0v) is 16.6. The van der Waals surface area contributed by atoms with Gasteiger partial charge >= 0.3 is 0 Å². The van der Waals surface area contributed by atoms with Crippen LogP contribution in [0.15, 0.2) is 24.3 Å². The van der Waals surface area contributed by atoms with Crippen LogP contribution in [0.5, 0.6) is 0 Å². The lowest BCUT2D eigenvalue weighted by Crippen LogP contribution is -2.48. The van der Waals surface area contributed by atoms with Crippen LogP contribution in [-0.4, -0.2) is 37.8 Å². The van der Waals surface area contributed by atoms with Crippen molar-refractivity contribution in [2.75, 3.05) is 13.1 Å². The van der Waals surface area contributed by atoms with Crippen LogP contribution in [0.25, 0.3) is 0 Å². The van der Waals surface area contributed by atoms with Gasteiger partial charge in [-0.15, -0.1) is 0 Å². The summed E-state index contributed by atoms with van der Waals surface area (Å²) in [6.07, 6.45) is 7.09. The molecule has 1 N–H and O–H groups in total. The van der Waals surface area contributed by atoms with Crippen LogP contribution >= 0.6 is 11.6 Å². The predicted octanol–water partition coefficient (Wildman–Crippen LogP) is 3.33. The first kappa shape index (κ1) is 19.6. The smallest absolute Gasteiger partial charge is 0.224 e. The lowest BCUT2D eigenvalue weighted by Gasteiger charge is -2.33. The Balaban J connectivity index is 1.61. The maximum Gasteiger partial charge on any atom is 0.224 e. The average molecular weight is 399 g/mol. The fraction of sp³-hybridized carbons (Fsp3) is 0.632. The zero-order valence-electron chi connectivity index (χ0n) is 15.0. The van der Waals surface area contributed by atoms with Crippen LogP contribution in [0.3, 0.4) is 0 Å². The van der Waals surface area contributed by atoms with E-state index < -0.39 is 10.0 Å². The second-order valence-corrected chi connectivity index (χ2v) is 9.76. The number of nitrogens with one attached hydrogen (secondary N) is 1. The van der Waals surface area contributed by atoms with E-state index in [4.69, 9.17) is 11.6 Å². The predicted molar refractivity (Wildman–Crippen MR) is 103 cm³/mol. The Morgan fingerprint density at radius 3 is 2.58 bits per heavy atom. The lowest BCUT2D eigenvalue weighted by atomic mass is 9.93. The molecule has 0 spiro atoms. The number of carbonyl (C=O) groups is 1. The Bertz CT molecular complexity index is 732. The summed E-state index contributed by atoms with van der Waals surface area (Å²) in [5.41, 5.74) is 0.600. The Morgan fingerprint density at radius 1 is 1.12 bits per heavy atom. The maximum atomic E-state index is 12.8. The van der Waals surface area contributed by atoms with Gasteiger partial charge in [0.05, 0.1) is 11.7 Å². The van der Waals surface area contributed by atoms with Gasteiger partial charge in [0.2, 0.25) is 15.9 Å². The van der Waals surface area contributed by atoms with E-state index in [0.29, 0.717) is 23.6 Å². The molecule has 1 atom stereocenters. The van der Waals surface area contributed by atoms with Gasteiger partial charge in [0.15, 0.2) is 0 Å². The molecule has 1 aromatic rings. The average Bonchev–Trinajstić information content (AvgIpc) is 2.64. The highest BCUT2D eigenvalue weighted by molar-refractivity contribution is 7.88. The molecule has 5 nitrogen and oxygen atoms in total. The van der Waals surface area contributed by atoms with Crippen LogP contribution in [0.1, 0.15) is 50.5 Å². The number of piperidine rings is 1. The van der Waals surface area contributed by atoms with E-state index in [1.165, 1.54) is 10.7 Å². The summed E-state index contributed by atoms with van der Waals surface area (Å²) >= 11 is 6.11. The third kappa shape index (κ3) is 4.99. The van der Waals surface area contributed by atoms with Gasteiger partial charge in [-0.1, -0.05) is 49.1 Å². The molecular formula is C19H27ClN2O3S. The number of rotatable bonds is 5. The Hall–Kier alpha value is -1.11. The van der Waals surface area contributed by atoms with Crippen molar-refractivity contribution in [1.82, 2.24) is 9.62 Å². The molecule has 2 fully saturated rings. The van der Waals surface area contributed by atoms with Crippen molar-refractivity contribution < 1.29 is 13.2 Å². The van der Waals surface area contributed by atoms with E-state index in [0.717, 1.165) is 32.1 Å². The standard InChI is InChI=1S/C19H27ClN2O3S/c20-18-11-5-4-7-16(18)14-26(24,25)22-12-6-8-15(13-22)19(23)21-17-9-2-1-3-10-17/h4-5,7,11,15,17H,1-3,6,8-10,12-14H2,(H,21,23)/t15-/m0/s1. The molecule has 7 heteroatoms. The second kappa shape index (κ2) is 8.72. The summed E-state index contributed by atoms with van der Waals surface area (Å²) < 4.78 is 27.1. The highest BCUT2D eigenvalue weighted by Crippen LogP contribution is 2.25. The van der Waals surface area contributed by atoms with Crippen LogP contribution in [0, 0.1) is 5.92 Å². The number of sulfonamides is 1. The number of hydrogen-bond donors (Lipinski definition) is 1. The lowest BCUT2D eigenvalue weighted by molar-refractivity contribution is -0.127. The molecule has 1 amide bonds. The maximum absolute atomic E-state index is 12.8. The van der Waals surface area contributed by atoms with E-state index in [2.05, 4.69) is 5.32 Å². The largest absolute Gasteiger partial charge is 0.353 e. The number of halogens is 1. The van der Waals surface area contributed by atoms with Gasteiger partial charge in [-0.3, -0.25) is 4.79 Å². The van der Waals surface area contributed by atoms with E-state index in [1.807, 2.05) is 0 Å². The van der Waals surface area contributed by atoms with E-state index in [9.17, 15) is 13.2 Å². The minimum atomic E-state index is -3.49. The molecular weight excluding hydrogens is 372 g/mol. The molecule has 1 aliphatic heterocycles. The van der Waals surface area contributed by atoms with Gasteiger partial charge in [-0.25, -0.2) is 12.7 Å². The van der Waals surface area contributed by atoms with Gasteiger partial charge in [-0.05, 0) is 37.3 Å². The molecule has 0 radical (unpaired) electrons. The molecule has 0 aromatic heterocycles. The van der Waals surface area contributed by atoms with Gasteiger partial charge in [0.1, 0.15) is 0 Å². The summed E-state index contributed by atoms with van der Waals surface area (Å²) in [5, 5.41) is 3.60. The highest BCUT2D eigenvalue weighted by atomic mass is 35.5. The summed E-state index contributed by atoms with van der Waals surface area (Å²) in [4.78, 5) is 12.6. The number of benzene rings is 1. The van der Waals surface area contributed by atoms with E-state index in [-0.39, 0.29) is 30.2 Å². The quantitative estimate of drug-likeness (QED) is 0.827. The Morgan fingerprint density at radius 2 is 1.85 bits per heavy atom. The van der Waals surface area contributed by atoms with E-state index >= 15 is 0 Å². The van der Waals surface area contributed by atoms with Gasteiger partial charge in [0, 0.05) is 24.2 Å². The third-order valence-corrected chi connectivity index (χ3v) is 7.56. The normalized spacial score (nSPS) is 22.9. The summed E-state index contributed by atoms with van der Waals surface area (Å²) in [6, 6.07) is 7.25. The fourth-order valence-corrected chi connectivity index (χ4v) is 5.80. The summed E-state index contributed by atoms with van der Waals surface area (Å²) in [5.74, 6) is -0.370. The molecule has 144 valence electrons. The molecule has 2 aliphatic rings. The molecule has 1 aliphatic carbocycles. The minimum Gasteiger partial charge on any atom is -0.353 e. The molecule has 1 saturated heterocycles.